The number of hydrogen-bond acceptors (Lipinski definition) is 5. The smallest absolute Gasteiger partial charge is 0.357 e. The Labute approximate surface area is 181 Å². The summed E-state index contributed by atoms with van der Waals surface area (Å²) in [4.78, 5) is 31.9. The van der Waals surface area contributed by atoms with Crippen LogP contribution in [0.1, 0.15) is 53.3 Å². The molecule has 0 aliphatic carbocycles. The molecule has 0 radical (unpaired) electrons. The number of nitrogens with zero attached hydrogens (tertiary/aromatic N) is 2. The summed E-state index contributed by atoms with van der Waals surface area (Å²) < 4.78 is 5.02. The maximum atomic E-state index is 13.7. The largest absolute Gasteiger partial charge is 0.461 e. The highest BCUT2D eigenvalue weighted by Crippen LogP contribution is 2.29. The molecule has 3 rings (SSSR count). The molecule has 1 aromatic heterocycles. The standard InChI is InChI=1S/C24H26N2O3S/c1-4-29-24(28)20-16-30-21(25-20)15-26(17(2)3)23(27)22(18-11-7-5-8-12-18)19-13-9-6-10-14-19/h5-14,16-17,22H,4,15H2,1-3H3. The highest BCUT2D eigenvalue weighted by Gasteiger charge is 2.29. The zero-order valence-corrected chi connectivity index (χ0v) is 18.3. The van der Waals surface area contributed by atoms with E-state index < -0.39 is 11.9 Å². The number of ether oxygens (including phenoxy) is 1. The molecule has 0 saturated carbocycles. The molecule has 2 aromatic carbocycles. The van der Waals surface area contributed by atoms with Crippen LogP contribution in [0.5, 0.6) is 0 Å². The minimum absolute atomic E-state index is 0.00952. The molecule has 5 nitrogen and oxygen atoms in total. The first-order valence-corrected chi connectivity index (χ1v) is 10.9. The van der Waals surface area contributed by atoms with E-state index in [-0.39, 0.29) is 17.6 Å². The Kier molecular flexibility index (Phi) is 7.36. The molecule has 0 saturated heterocycles. The van der Waals surface area contributed by atoms with Gasteiger partial charge in [0.2, 0.25) is 5.91 Å². The molecule has 0 spiro atoms. The lowest BCUT2D eigenvalue weighted by molar-refractivity contribution is -0.134. The van der Waals surface area contributed by atoms with Gasteiger partial charge in [-0.15, -0.1) is 11.3 Å². The number of rotatable bonds is 8. The number of hydrogen-bond donors (Lipinski definition) is 0. The van der Waals surface area contributed by atoms with Crippen molar-refractivity contribution >= 4 is 23.2 Å². The van der Waals surface area contributed by atoms with E-state index in [1.165, 1.54) is 11.3 Å². The number of esters is 1. The summed E-state index contributed by atoms with van der Waals surface area (Å²) in [5, 5.41) is 2.39. The summed E-state index contributed by atoms with van der Waals surface area (Å²) in [5.74, 6) is -0.830. The minimum Gasteiger partial charge on any atom is -0.461 e. The van der Waals surface area contributed by atoms with E-state index in [0.717, 1.165) is 11.1 Å². The van der Waals surface area contributed by atoms with Gasteiger partial charge in [0.05, 0.1) is 19.1 Å². The average Bonchev–Trinajstić information content (AvgIpc) is 3.22. The van der Waals surface area contributed by atoms with E-state index in [2.05, 4.69) is 4.98 Å². The zero-order valence-electron chi connectivity index (χ0n) is 17.4. The molecule has 0 unspecified atom stereocenters. The second-order valence-corrected chi connectivity index (χ2v) is 8.10. The fraction of sp³-hybridized carbons (Fsp3) is 0.292. The van der Waals surface area contributed by atoms with E-state index in [9.17, 15) is 9.59 Å². The number of aromatic nitrogens is 1. The molecular weight excluding hydrogens is 396 g/mol. The molecule has 6 heteroatoms. The van der Waals surface area contributed by atoms with Gasteiger partial charge < -0.3 is 9.64 Å². The average molecular weight is 423 g/mol. The molecule has 0 bridgehead atoms. The van der Waals surface area contributed by atoms with Gasteiger partial charge in [-0.3, -0.25) is 4.79 Å². The van der Waals surface area contributed by atoms with Crippen LogP contribution in [0.15, 0.2) is 66.0 Å². The van der Waals surface area contributed by atoms with Crippen molar-refractivity contribution in [2.75, 3.05) is 6.61 Å². The fourth-order valence-corrected chi connectivity index (χ4v) is 4.04. The molecule has 0 aliphatic rings. The van der Waals surface area contributed by atoms with Crippen LogP contribution in [-0.4, -0.2) is 34.4 Å². The van der Waals surface area contributed by atoms with Crippen molar-refractivity contribution < 1.29 is 14.3 Å². The van der Waals surface area contributed by atoms with Crippen LogP contribution in [0.3, 0.4) is 0 Å². The number of thiazole rings is 1. The Balaban J connectivity index is 1.90. The second kappa shape index (κ2) is 10.2. The summed E-state index contributed by atoms with van der Waals surface area (Å²) in [5.41, 5.74) is 2.19. The van der Waals surface area contributed by atoms with Gasteiger partial charge in [0.1, 0.15) is 5.01 Å². The Hall–Kier alpha value is -2.99. The van der Waals surface area contributed by atoms with Gasteiger partial charge in [-0.05, 0) is 31.9 Å². The molecule has 3 aromatic rings. The molecule has 0 fully saturated rings. The molecule has 1 amide bonds. The lowest BCUT2D eigenvalue weighted by Gasteiger charge is -2.30. The summed E-state index contributed by atoms with van der Waals surface area (Å²) >= 11 is 1.36. The van der Waals surface area contributed by atoms with Gasteiger partial charge >= 0.3 is 5.97 Å². The summed E-state index contributed by atoms with van der Waals surface area (Å²) in [6.07, 6.45) is 0. The summed E-state index contributed by atoms with van der Waals surface area (Å²) in [6.45, 7) is 6.39. The van der Waals surface area contributed by atoms with E-state index in [0.29, 0.717) is 18.2 Å². The molecule has 1 heterocycles. The number of amides is 1. The first-order valence-electron chi connectivity index (χ1n) is 10.0. The van der Waals surface area contributed by atoms with Crippen molar-refractivity contribution in [3.05, 3.63) is 87.9 Å². The minimum atomic E-state index is -0.436. The predicted octanol–water partition coefficient (Wildman–Crippen LogP) is 4.89. The van der Waals surface area contributed by atoms with E-state index >= 15 is 0 Å². The lowest BCUT2D eigenvalue weighted by Crippen LogP contribution is -2.40. The molecule has 0 aliphatic heterocycles. The lowest BCUT2D eigenvalue weighted by atomic mass is 9.89. The van der Waals surface area contributed by atoms with Gasteiger partial charge in [-0.2, -0.15) is 0 Å². The summed E-state index contributed by atoms with van der Waals surface area (Å²) in [6, 6.07) is 19.6. The third-order valence-corrected chi connectivity index (χ3v) is 5.59. The molecule has 30 heavy (non-hydrogen) atoms. The van der Waals surface area contributed by atoms with Crippen molar-refractivity contribution in [3.63, 3.8) is 0 Å². The van der Waals surface area contributed by atoms with Crippen molar-refractivity contribution in [1.29, 1.82) is 0 Å². The topological polar surface area (TPSA) is 59.5 Å². The normalized spacial score (nSPS) is 11.0. The van der Waals surface area contributed by atoms with Gasteiger partial charge in [0.25, 0.3) is 0 Å². The van der Waals surface area contributed by atoms with Gasteiger partial charge in [0, 0.05) is 11.4 Å². The maximum absolute atomic E-state index is 13.7. The number of carbonyl (C=O) groups excluding carboxylic acids is 2. The van der Waals surface area contributed by atoms with Crippen LogP contribution >= 0.6 is 11.3 Å². The Morgan fingerprint density at radius 1 is 1.00 bits per heavy atom. The first kappa shape index (κ1) is 21.7. The second-order valence-electron chi connectivity index (χ2n) is 7.16. The van der Waals surface area contributed by atoms with Crippen LogP contribution in [0, 0.1) is 0 Å². The highest BCUT2D eigenvalue weighted by molar-refractivity contribution is 7.09. The molecule has 156 valence electrons. The summed E-state index contributed by atoms with van der Waals surface area (Å²) in [7, 11) is 0. The molecule has 0 N–H and O–H groups in total. The van der Waals surface area contributed by atoms with E-state index in [4.69, 9.17) is 4.74 Å². The quantitative estimate of drug-likeness (QED) is 0.485. The van der Waals surface area contributed by atoms with Gasteiger partial charge in [-0.25, -0.2) is 9.78 Å². The van der Waals surface area contributed by atoms with Crippen molar-refractivity contribution in [3.8, 4) is 0 Å². The van der Waals surface area contributed by atoms with Crippen LogP contribution in [-0.2, 0) is 16.1 Å². The predicted molar refractivity (Wildman–Crippen MR) is 118 cm³/mol. The third-order valence-electron chi connectivity index (χ3n) is 4.76. The fourth-order valence-electron chi connectivity index (χ4n) is 3.28. The maximum Gasteiger partial charge on any atom is 0.357 e. The van der Waals surface area contributed by atoms with E-state index in [1.54, 1.807) is 12.3 Å². The van der Waals surface area contributed by atoms with Gasteiger partial charge in [0.15, 0.2) is 5.69 Å². The third kappa shape index (κ3) is 5.13. The van der Waals surface area contributed by atoms with Crippen LogP contribution < -0.4 is 0 Å². The van der Waals surface area contributed by atoms with Crippen molar-refractivity contribution in [2.45, 2.75) is 39.3 Å². The Morgan fingerprint density at radius 3 is 2.07 bits per heavy atom. The van der Waals surface area contributed by atoms with Crippen LogP contribution in [0.4, 0.5) is 0 Å². The molecular formula is C24H26N2O3S. The zero-order chi connectivity index (χ0) is 21.5. The van der Waals surface area contributed by atoms with E-state index in [1.807, 2.05) is 79.4 Å². The monoisotopic (exact) mass is 422 g/mol. The highest BCUT2D eigenvalue weighted by atomic mass is 32.1. The van der Waals surface area contributed by atoms with Crippen molar-refractivity contribution in [1.82, 2.24) is 9.88 Å². The number of carbonyl (C=O) groups is 2. The molecule has 0 atom stereocenters. The van der Waals surface area contributed by atoms with Gasteiger partial charge in [-0.1, -0.05) is 60.7 Å². The van der Waals surface area contributed by atoms with Crippen LogP contribution in [0.25, 0.3) is 0 Å². The Morgan fingerprint density at radius 2 is 1.57 bits per heavy atom. The van der Waals surface area contributed by atoms with Crippen LogP contribution in [0.2, 0.25) is 0 Å². The first-order chi connectivity index (χ1) is 14.5. The number of benzene rings is 2. The Bertz CT molecular complexity index is 931. The SMILES string of the molecule is CCOC(=O)c1csc(CN(C(=O)C(c2ccccc2)c2ccccc2)C(C)C)n1. The van der Waals surface area contributed by atoms with Crippen molar-refractivity contribution in [2.24, 2.45) is 0 Å².